The second-order valence-electron chi connectivity index (χ2n) is 3.21. The molecule has 92 valence electrons. The second kappa shape index (κ2) is 7.07. The van der Waals surface area contributed by atoms with E-state index in [1.165, 1.54) is 0 Å². The molecule has 8 N–H and O–H groups in total. The number of aliphatic hydroxyl groups is 4. The molecule has 15 heavy (non-hydrogen) atoms. The van der Waals surface area contributed by atoms with Crippen LogP contribution in [0.1, 0.15) is 6.92 Å². The zero-order valence-electron chi connectivity index (χ0n) is 8.65. The van der Waals surface area contributed by atoms with Crippen molar-refractivity contribution in [2.24, 2.45) is 11.5 Å². The molecule has 0 bridgehead atoms. The third-order valence-corrected chi connectivity index (χ3v) is 1.95. The van der Waals surface area contributed by atoms with Crippen LogP contribution in [0.4, 0.5) is 0 Å². The van der Waals surface area contributed by atoms with Crippen molar-refractivity contribution >= 4 is 0 Å². The fourth-order valence-corrected chi connectivity index (χ4v) is 1.12. The highest BCUT2D eigenvalue weighted by Gasteiger charge is 2.41. The molecule has 0 amide bonds. The molecule has 0 spiro atoms. The van der Waals surface area contributed by atoms with Crippen molar-refractivity contribution in [2.75, 3.05) is 13.2 Å². The van der Waals surface area contributed by atoms with E-state index in [4.69, 9.17) is 26.4 Å². The third-order valence-electron chi connectivity index (χ3n) is 1.95. The van der Waals surface area contributed by atoms with Gasteiger partial charge < -0.3 is 36.6 Å². The van der Waals surface area contributed by atoms with E-state index in [1.807, 2.05) is 6.92 Å². The molecule has 1 aliphatic rings. The lowest BCUT2D eigenvalue weighted by Gasteiger charge is -2.38. The number of rotatable bonds is 1. The first-order chi connectivity index (χ1) is 6.99. The van der Waals surface area contributed by atoms with Crippen molar-refractivity contribution in [3.05, 3.63) is 0 Å². The summed E-state index contributed by atoms with van der Waals surface area (Å²) < 4.78 is 4.70. The van der Waals surface area contributed by atoms with Gasteiger partial charge in [0.2, 0.25) is 0 Å². The smallest absolute Gasteiger partial charge is 0.173 e. The summed E-state index contributed by atoms with van der Waals surface area (Å²) in [5.41, 5.74) is 10.1. The van der Waals surface area contributed by atoms with Gasteiger partial charge in [-0.25, -0.2) is 0 Å². The molecule has 7 heteroatoms. The average molecular weight is 224 g/mol. The summed E-state index contributed by atoms with van der Waals surface area (Å²) in [5.74, 6) is 0. The Hall–Kier alpha value is -0.280. The van der Waals surface area contributed by atoms with Gasteiger partial charge >= 0.3 is 0 Å². The van der Waals surface area contributed by atoms with E-state index >= 15 is 0 Å². The van der Waals surface area contributed by atoms with Gasteiger partial charge in [0, 0.05) is 0 Å². The van der Waals surface area contributed by atoms with Gasteiger partial charge in [-0.15, -0.1) is 0 Å². The zero-order chi connectivity index (χ0) is 12.0. The van der Waals surface area contributed by atoms with Gasteiger partial charge in [0.05, 0.1) is 12.6 Å². The van der Waals surface area contributed by atoms with Crippen molar-refractivity contribution < 1.29 is 25.2 Å². The molecule has 1 saturated heterocycles. The molecule has 0 radical (unpaired) electrons. The Morgan fingerprint density at radius 3 is 2.07 bits per heavy atom. The Morgan fingerprint density at radius 2 is 1.67 bits per heavy atom. The highest BCUT2D eigenvalue weighted by molar-refractivity contribution is 4.90. The summed E-state index contributed by atoms with van der Waals surface area (Å²) in [7, 11) is 0. The van der Waals surface area contributed by atoms with Crippen molar-refractivity contribution in [3.63, 3.8) is 0 Å². The predicted molar refractivity (Wildman–Crippen MR) is 52.7 cm³/mol. The summed E-state index contributed by atoms with van der Waals surface area (Å²) in [6.07, 6.45) is -4.85. The number of ether oxygens (including phenoxy) is 1. The Bertz CT molecular complexity index is 166. The summed E-state index contributed by atoms with van der Waals surface area (Å²) in [6, 6.07) is -1.04. The monoisotopic (exact) mass is 224 g/mol. The van der Waals surface area contributed by atoms with Gasteiger partial charge in [0.25, 0.3) is 0 Å². The average Bonchev–Trinajstić information content (AvgIpc) is 2.21. The van der Waals surface area contributed by atoms with Gasteiger partial charge in [-0.05, 0) is 6.54 Å². The highest BCUT2D eigenvalue weighted by atomic mass is 16.6. The van der Waals surface area contributed by atoms with Crippen LogP contribution < -0.4 is 11.5 Å². The Labute approximate surface area is 88.3 Å². The fraction of sp³-hybridized carbons (Fsp3) is 1.00. The van der Waals surface area contributed by atoms with Gasteiger partial charge in [-0.3, -0.25) is 0 Å². The molecule has 1 unspecified atom stereocenters. The van der Waals surface area contributed by atoms with Crippen molar-refractivity contribution in [1.82, 2.24) is 0 Å². The van der Waals surface area contributed by atoms with E-state index in [0.29, 0.717) is 0 Å². The minimum Gasteiger partial charge on any atom is -0.394 e. The van der Waals surface area contributed by atoms with Gasteiger partial charge in [0.15, 0.2) is 6.29 Å². The quantitative estimate of drug-likeness (QED) is 0.274. The first kappa shape index (κ1) is 14.7. The number of hydrogen-bond donors (Lipinski definition) is 6. The minimum atomic E-state index is -1.35. The Kier molecular flexibility index (Phi) is 6.94. The maximum Gasteiger partial charge on any atom is 0.173 e. The van der Waals surface area contributed by atoms with Crippen LogP contribution in [-0.2, 0) is 4.74 Å². The van der Waals surface area contributed by atoms with Gasteiger partial charge in [-0.1, -0.05) is 6.92 Å². The first-order valence-electron chi connectivity index (χ1n) is 4.75. The van der Waals surface area contributed by atoms with E-state index in [1.54, 1.807) is 0 Å². The van der Waals surface area contributed by atoms with Crippen LogP contribution in [0.5, 0.6) is 0 Å². The molecule has 5 atom stereocenters. The molecule has 0 aromatic rings. The lowest BCUT2D eigenvalue weighted by Crippen LogP contribution is -2.61. The molecule has 0 saturated carbocycles. The fourth-order valence-electron chi connectivity index (χ4n) is 1.12. The molecule has 1 aliphatic heterocycles. The molecular weight excluding hydrogens is 204 g/mol. The number of hydrogen-bond acceptors (Lipinski definition) is 7. The SMILES string of the molecule is CCN.N[C@H]1C(O)O[C@H](CO)[C@@H](O)[C@@H]1O. The van der Waals surface area contributed by atoms with Crippen LogP contribution >= 0.6 is 0 Å². The summed E-state index contributed by atoms with van der Waals surface area (Å²) in [5, 5.41) is 36.1. The molecule has 1 rings (SSSR count). The molecule has 0 aromatic heterocycles. The summed E-state index contributed by atoms with van der Waals surface area (Å²) >= 11 is 0. The van der Waals surface area contributed by atoms with Crippen LogP contribution in [0.2, 0.25) is 0 Å². The molecule has 0 aliphatic carbocycles. The van der Waals surface area contributed by atoms with Gasteiger partial charge in [-0.2, -0.15) is 0 Å². The van der Waals surface area contributed by atoms with Crippen LogP contribution in [0, 0.1) is 0 Å². The number of aliphatic hydroxyl groups excluding tert-OH is 4. The van der Waals surface area contributed by atoms with E-state index in [-0.39, 0.29) is 0 Å². The minimum absolute atomic E-state index is 0.470. The standard InChI is InChI=1S/C6H13NO5.C2H7N/c7-3-5(10)4(9)2(1-8)12-6(3)11;1-2-3/h2-6,8-11H,1,7H2;2-3H2,1H3/t2-,3-,4-,5-,6?;/m1./s1. The van der Waals surface area contributed by atoms with E-state index in [0.717, 1.165) is 6.54 Å². The maximum absolute atomic E-state index is 9.20. The van der Waals surface area contributed by atoms with Crippen molar-refractivity contribution in [2.45, 2.75) is 37.6 Å². The third kappa shape index (κ3) is 3.99. The molecule has 1 heterocycles. The lowest BCUT2D eigenvalue weighted by atomic mass is 9.98. The predicted octanol–water partition coefficient (Wildman–Crippen LogP) is -3.29. The van der Waals surface area contributed by atoms with Gasteiger partial charge in [0.1, 0.15) is 18.3 Å². The Balaban J connectivity index is 0.000000583. The van der Waals surface area contributed by atoms with Crippen LogP contribution in [0.15, 0.2) is 0 Å². The van der Waals surface area contributed by atoms with Crippen LogP contribution in [-0.4, -0.2) is 64.2 Å². The van der Waals surface area contributed by atoms with E-state index < -0.39 is 37.3 Å². The molecule has 0 aromatic carbocycles. The highest BCUT2D eigenvalue weighted by Crippen LogP contribution is 2.17. The summed E-state index contributed by atoms with van der Waals surface area (Å²) in [4.78, 5) is 0. The van der Waals surface area contributed by atoms with Crippen LogP contribution in [0.25, 0.3) is 0 Å². The van der Waals surface area contributed by atoms with E-state index in [9.17, 15) is 10.2 Å². The number of nitrogens with two attached hydrogens (primary N) is 2. The maximum atomic E-state index is 9.20. The topological polar surface area (TPSA) is 142 Å². The first-order valence-corrected chi connectivity index (χ1v) is 4.75. The summed E-state index contributed by atoms with van der Waals surface area (Å²) in [6.45, 7) is 2.18. The van der Waals surface area contributed by atoms with E-state index in [2.05, 4.69) is 0 Å². The van der Waals surface area contributed by atoms with Crippen LogP contribution in [0.3, 0.4) is 0 Å². The molecular formula is C8H20N2O5. The van der Waals surface area contributed by atoms with Crippen molar-refractivity contribution in [3.8, 4) is 0 Å². The van der Waals surface area contributed by atoms with Crippen molar-refractivity contribution in [1.29, 1.82) is 0 Å². The molecule has 7 nitrogen and oxygen atoms in total. The molecule has 1 fully saturated rings. The second-order valence-corrected chi connectivity index (χ2v) is 3.21. The normalized spacial score (nSPS) is 40.6. The Morgan fingerprint density at radius 1 is 1.20 bits per heavy atom. The lowest BCUT2D eigenvalue weighted by molar-refractivity contribution is -0.248. The largest absolute Gasteiger partial charge is 0.394 e. The zero-order valence-corrected chi connectivity index (χ0v) is 8.65.